The molecule has 0 fully saturated rings. The molecule has 3 aromatic heterocycles. The molecule has 8 heteroatoms. The number of ether oxygens (including phenoxy) is 1. The Bertz CT molecular complexity index is 1520. The molecule has 0 aliphatic carbocycles. The van der Waals surface area contributed by atoms with Gasteiger partial charge in [-0.1, -0.05) is 37.3 Å². The number of hydrogen-bond acceptors (Lipinski definition) is 4. The molecule has 0 aliphatic heterocycles. The molecule has 5 rings (SSSR count). The van der Waals surface area contributed by atoms with Crippen molar-refractivity contribution in [3.63, 3.8) is 0 Å². The highest BCUT2D eigenvalue weighted by Gasteiger charge is 2.20. The smallest absolute Gasteiger partial charge is 0.333 e. The van der Waals surface area contributed by atoms with Crippen LogP contribution in [0.25, 0.3) is 28.2 Å². The predicted molar refractivity (Wildman–Crippen MR) is 123 cm³/mol. The van der Waals surface area contributed by atoms with Crippen LogP contribution >= 0.6 is 0 Å². The van der Waals surface area contributed by atoms with Gasteiger partial charge in [-0.05, 0) is 41.8 Å². The molecule has 0 saturated heterocycles. The summed E-state index contributed by atoms with van der Waals surface area (Å²) >= 11 is 0. The predicted octanol–water partition coefficient (Wildman–Crippen LogP) is 3.27. The van der Waals surface area contributed by atoms with Crippen LogP contribution in [0.5, 0.6) is 5.75 Å². The van der Waals surface area contributed by atoms with E-state index < -0.39 is 0 Å². The molecule has 1 N–H and O–H groups in total. The zero-order chi connectivity index (χ0) is 22.2. The number of imidazole rings is 2. The maximum atomic E-state index is 13.3. The first-order valence-electron chi connectivity index (χ1n) is 10.5. The first-order chi connectivity index (χ1) is 15.6. The molecule has 162 valence electrons. The molecule has 0 saturated carbocycles. The van der Waals surface area contributed by atoms with Gasteiger partial charge in [-0.15, -0.1) is 0 Å². The Morgan fingerprint density at radius 3 is 2.44 bits per heavy atom. The van der Waals surface area contributed by atoms with E-state index in [0.29, 0.717) is 36.5 Å². The van der Waals surface area contributed by atoms with Gasteiger partial charge in [-0.3, -0.25) is 18.3 Å². The lowest BCUT2D eigenvalue weighted by atomic mass is 10.2. The number of nitrogens with one attached hydrogen (secondary N) is 1. The highest BCUT2D eigenvalue weighted by molar-refractivity contribution is 5.77. The summed E-state index contributed by atoms with van der Waals surface area (Å²) in [6.45, 7) is 2.64. The van der Waals surface area contributed by atoms with E-state index in [1.165, 1.54) is 4.57 Å². The molecule has 0 amide bonds. The van der Waals surface area contributed by atoms with Crippen molar-refractivity contribution < 1.29 is 4.74 Å². The van der Waals surface area contributed by atoms with E-state index in [4.69, 9.17) is 4.74 Å². The van der Waals surface area contributed by atoms with Crippen LogP contribution in [0, 0.1) is 0 Å². The van der Waals surface area contributed by atoms with Gasteiger partial charge >= 0.3 is 5.69 Å². The van der Waals surface area contributed by atoms with Crippen LogP contribution in [0.4, 0.5) is 0 Å². The zero-order valence-electron chi connectivity index (χ0n) is 17.9. The number of aromatic amines is 1. The summed E-state index contributed by atoms with van der Waals surface area (Å²) in [7, 11) is 1.63. The second-order valence-corrected chi connectivity index (χ2v) is 7.69. The normalized spacial score (nSPS) is 11.4. The first kappa shape index (κ1) is 19.9. The van der Waals surface area contributed by atoms with E-state index in [-0.39, 0.29) is 11.2 Å². The Hall–Kier alpha value is -4.07. The van der Waals surface area contributed by atoms with Crippen molar-refractivity contribution in [1.29, 1.82) is 0 Å². The van der Waals surface area contributed by atoms with Crippen LogP contribution in [-0.4, -0.2) is 30.6 Å². The van der Waals surface area contributed by atoms with Crippen LogP contribution < -0.4 is 16.0 Å². The average molecular weight is 429 g/mol. The molecule has 0 atom stereocenters. The summed E-state index contributed by atoms with van der Waals surface area (Å²) in [5, 5.41) is 0. The number of benzene rings is 2. The number of nitrogens with zero attached hydrogens (tertiary/aromatic N) is 4. The largest absolute Gasteiger partial charge is 0.497 e. The minimum Gasteiger partial charge on any atom is -0.497 e. The van der Waals surface area contributed by atoms with Crippen molar-refractivity contribution >= 4 is 16.9 Å². The molecule has 0 bridgehead atoms. The third kappa shape index (κ3) is 3.20. The van der Waals surface area contributed by atoms with Crippen LogP contribution in [0.2, 0.25) is 0 Å². The second kappa shape index (κ2) is 7.88. The molecular formula is C24H23N5O3. The van der Waals surface area contributed by atoms with Crippen molar-refractivity contribution in [2.75, 3.05) is 7.11 Å². The lowest BCUT2D eigenvalue weighted by molar-refractivity contribution is 0.415. The number of aromatic nitrogens is 5. The van der Waals surface area contributed by atoms with E-state index in [2.05, 4.69) is 9.97 Å². The number of hydrogen-bond donors (Lipinski definition) is 1. The van der Waals surface area contributed by atoms with E-state index in [1.54, 1.807) is 16.1 Å². The van der Waals surface area contributed by atoms with Gasteiger partial charge in [0.25, 0.3) is 5.56 Å². The van der Waals surface area contributed by atoms with Gasteiger partial charge in [-0.2, -0.15) is 4.98 Å². The van der Waals surface area contributed by atoms with Crippen molar-refractivity contribution in [1.82, 2.24) is 23.5 Å². The fourth-order valence-corrected chi connectivity index (χ4v) is 4.00. The fraction of sp³-hybridized carbons (Fsp3) is 0.208. The summed E-state index contributed by atoms with van der Waals surface area (Å²) in [4.78, 5) is 34.4. The lowest BCUT2D eigenvalue weighted by Crippen LogP contribution is -2.40. The molecule has 0 spiro atoms. The molecule has 3 heterocycles. The van der Waals surface area contributed by atoms with Gasteiger partial charge in [0.15, 0.2) is 11.2 Å². The SMILES string of the molecule is CCCn1c(=O)c2c(nc3[nH]c(-c4ccc(OC)cc4)cn32)n(Cc2ccccc2)c1=O. The third-order valence-corrected chi connectivity index (χ3v) is 5.59. The number of methoxy groups -OCH3 is 1. The maximum Gasteiger partial charge on any atom is 0.333 e. The van der Waals surface area contributed by atoms with Crippen molar-refractivity contribution in [3.05, 3.63) is 87.2 Å². The quantitative estimate of drug-likeness (QED) is 0.449. The van der Waals surface area contributed by atoms with E-state index in [9.17, 15) is 9.59 Å². The molecule has 8 nitrogen and oxygen atoms in total. The number of H-pyrrole nitrogens is 1. The Labute approximate surface area is 183 Å². The Kier molecular flexibility index (Phi) is 4.89. The molecule has 5 aromatic rings. The van der Waals surface area contributed by atoms with E-state index in [0.717, 1.165) is 22.6 Å². The molecule has 0 aliphatic rings. The summed E-state index contributed by atoms with van der Waals surface area (Å²) in [5.41, 5.74) is 2.82. The van der Waals surface area contributed by atoms with E-state index >= 15 is 0 Å². The van der Waals surface area contributed by atoms with E-state index in [1.807, 2.05) is 67.7 Å². The maximum absolute atomic E-state index is 13.3. The molecule has 32 heavy (non-hydrogen) atoms. The van der Waals surface area contributed by atoms with Gasteiger partial charge in [0.05, 0.1) is 19.3 Å². The molecule has 0 radical (unpaired) electrons. The standard InChI is InChI=1S/C24H23N5O3/c1-3-13-27-22(30)20-21(29(24(27)31)14-16-7-5-4-6-8-16)26-23-25-19(15-28(20)23)17-9-11-18(32-2)12-10-17/h4-12,15H,3,13-14H2,1-2H3,(H,25,26). The van der Waals surface area contributed by atoms with Gasteiger partial charge in [0, 0.05) is 12.7 Å². The van der Waals surface area contributed by atoms with Gasteiger partial charge in [0.1, 0.15) is 5.75 Å². The van der Waals surface area contributed by atoms with Gasteiger partial charge in [-0.25, -0.2) is 4.79 Å². The summed E-state index contributed by atoms with van der Waals surface area (Å²) in [6.07, 6.45) is 2.53. The average Bonchev–Trinajstić information content (AvgIpc) is 3.38. The third-order valence-electron chi connectivity index (χ3n) is 5.59. The first-order valence-corrected chi connectivity index (χ1v) is 10.5. The number of rotatable bonds is 6. The lowest BCUT2D eigenvalue weighted by Gasteiger charge is -2.11. The minimum absolute atomic E-state index is 0.330. The van der Waals surface area contributed by atoms with Crippen LogP contribution in [0.15, 0.2) is 70.4 Å². The Balaban J connectivity index is 1.73. The highest BCUT2D eigenvalue weighted by atomic mass is 16.5. The summed E-state index contributed by atoms with van der Waals surface area (Å²) in [6, 6.07) is 17.3. The van der Waals surface area contributed by atoms with Crippen molar-refractivity contribution in [2.45, 2.75) is 26.4 Å². The summed E-state index contributed by atoms with van der Waals surface area (Å²) < 4.78 is 9.85. The molecule has 2 aromatic carbocycles. The second-order valence-electron chi connectivity index (χ2n) is 7.69. The zero-order valence-corrected chi connectivity index (χ0v) is 17.9. The Morgan fingerprint density at radius 1 is 1.00 bits per heavy atom. The van der Waals surface area contributed by atoms with Crippen molar-refractivity contribution in [3.8, 4) is 17.0 Å². The van der Waals surface area contributed by atoms with Gasteiger partial charge < -0.3 is 9.72 Å². The topological polar surface area (TPSA) is 86.3 Å². The number of fused-ring (bicyclic) bond motifs is 3. The monoisotopic (exact) mass is 429 g/mol. The molecule has 0 unspecified atom stereocenters. The summed E-state index contributed by atoms with van der Waals surface area (Å²) in [5.74, 6) is 1.28. The fourth-order valence-electron chi connectivity index (χ4n) is 4.00. The van der Waals surface area contributed by atoms with Gasteiger partial charge in [0.2, 0.25) is 5.78 Å². The Morgan fingerprint density at radius 2 is 1.75 bits per heavy atom. The van der Waals surface area contributed by atoms with Crippen LogP contribution in [-0.2, 0) is 13.1 Å². The highest BCUT2D eigenvalue weighted by Crippen LogP contribution is 2.23. The van der Waals surface area contributed by atoms with Crippen LogP contribution in [0.3, 0.4) is 0 Å². The van der Waals surface area contributed by atoms with Crippen molar-refractivity contribution in [2.24, 2.45) is 0 Å². The van der Waals surface area contributed by atoms with Crippen LogP contribution in [0.1, 0.15) is 18.9 Å². The molecular weight excluding hydrogens is 406 g/mol. The minimum atomic E-state index is -0.343.